The minimum absolute atomic E-state index is 0.131. The van der Waals surface area contributed by atoms with E-state index in [1.165, 1.54) is 28.3 Å². The summed E-state index contributed by atoms with van der Waals surface area (Å²) in [7, 11) is -3.60. The van der Waals surface area contributed by atoms with Crippen LogP contribution in [0.2, 0.25) is 0 Å². The van der Waals surface area contributed by atoms with Gasteiger partial charge in [0.15, 0.2) is 10.8 Å². The van der Waals surface area contributed by atoms with Gasteiger partial charge in [0.25, 0.3) is 0 Å². The van der Waals surface area contributed by atoms with Crippen molar-refractivity contribution in [2.45, 2.75) is 37.2 Å². The van der Waals surface area contributed by atoms with E-state index in [0.717, 1.165) is 17.7 Å². The van der Waals surface area contributed by atoms with Crippen molar-refractivity contribution in [1.29, 1.82) is 0 Å². The number of benzene rings is 1. The molecule has 0 aliphatic heterocycles. The van der Waals surface area contributed by atoms with Gasteiger partial charge in [-0.25, -0.2) is 8.42 Å². The molecule has 0 radical (unpaired) electrons. The van der Waals surface area contributed by atoms with Crippen molar-refractivity contribution >= 4 is 39.0 Å². The Morgan fingerprint density at radius 1 is 1.10 bits per heavy atom. The molecule has 0 aliphatic carbocycles. The van der Waals surface area contributed by atoms with E-state index >= 15 is 0 Å². The minimum Gasteiger partial charge on any atom is -0.325 e. The second kappa shape index (κ2) is 9.59. The standard InChI is InChI=1S/C20H25N5O3S2/c1-4-15-9-7-8-10-17(15)21-19(26)14-29-20-23-22-18-12-11-16(13-25(18)20)30(27,28)24(5-2)6-3/h7-13H,4-6,14H2,1-3H3,(H,21,26). The summed E-state index contributed by atoms with van der Waals surface area (Å²) in [6, 6.07) is 10.8. The highest BCUT2D eigenvalue weighted by molar-refractivity contribution is 7.99. The molecule has 0 unspecified atom stereocenters. The van der Waals surface area contributed by atoms with Crippen molar-refractivity contribution < 1.29 is 13.2 Å². The molecule has 0 atom stereocenters. The number of fused-ring (bicyclic) bond motifs is 1. The van der Waals surface area contributed by atoms with Gasteiger partial charge in [-0.1, -0.05) is 50.7 Å². The van der Waals surface area contributed by atoms with Crippen LogP contribution in [0.15, 0.2) is 52.6 Å². The summed E-state index contributed by atoms with van der Waals surface area (Å²) in [4.78, 5) is 12.6. The number of carbonyl (C=O) groups is 1. The fourth-order valence-corrected chi connectivity index (χ4v) is 5.25. The first-order valence-electron chi connectivity index (χ1n) is 9.76. The number of aryl methyl sites for hydroxylation is 1. The highest BCUT2D eigenvalue weighted by Gasteiger charge is 2.23. The van der Waals surface area contributed by atoms with Crippen LogP contribution in [0.3, 0.4) is 0 Å². The van der Waals surface area contributed by atoms with Crippen LogP contribution in [0.25, 0.3) is 5.65 Å². The number of hydrogen-bond acceptors (Lipinski definition) is 6. The molecule has 0 aliphatic rings. The van der Waals surface area contributed by atoms with Gasteiger partial charge in [0.05, 0.1) is 10.6 Å². The van der Waals surface area contributed by atoms with Crippen LogP contribution in [-0.2, 0) is 21.2 Å². The van der Waals surface area contributed by atoms with Crippen LogP contribution in [0, 0.1) is 0 Å². The Morgan fingerprint density at radius 3 is 2.53 bits per heavy atom. The summed E-state index contributed by atoms with van der Waals surface area (Å²) in [6.07, 6.45) is 2.33. The van der Waals surface area contributed by atoms with Gasteiger partial charge in [-0.05, 0) is 30.2 Å². The number of pyridine rings is 1. The summed E-state index contributed by atoms with van der Waals surface area (Å²) >= 11 is 1.21. The zero-order chi connectivity index (χ0) is 21.7. The molecule has 0 saturated carbocycles. The van der Waals surface area contributed by atoms with E-state index in [9.17, 15) is 13.2 Å². The third-order valence-corrected chi connectivity index (χ3v) is 7.67. The highest BCUT2D eigenvalue weighted by Crippen LogP contribution is 2.22. The number of sulfonamides is 1. The number of carbonyl (C=O) groups excluding carboxylic acids is 1. The number of hydrogen-bond donors (Lipinski definition) is 1. The van der Waals surface area contributed by atoms with E-state index in [1.54, 1.807) is 24.3 Å². The quantitative estimate of drug-likeness (QED) is 0.507. The molecule has 160 valence electrons. The predicted molar refractivity (Wildman–Crippen MR) is 118 cm³/mol. The Morgan fingerprint density at radius 2 is 1.83 bits per heavy atom. The molecule has 3 aromatic rings. The number of nitrogens with zero attached hydrogens (tertiary/aromatic N) is 4. The van der Waals surface area contributed by atoms with Crippen molar-refractivity contribution in [3.63, 3.8) is 0 Å². The number of anilines is 1. The van der Waals surface area contributed by atoms with Crippen LogP contribution in [0.4, 0.5) is 5.69 Å². The first kappa shape index (κ1) is 22.3. The maximum absolute atomic E-state index is 12.8. The fraction of sp³-hybridized carbons (Fsp3) is 0.350. The molecule has 2 aromatic heterocycles. The molecular formula is C20H25N5O3S2. The van der Waals surface area contributed by atoms with Gasteiger partial charge in [0.1, 0.15) is 0 Å². The van der Waals surface area contributed by atoms with Crippen LogP contribution in [-0.4, -0.2) is 52.1 Å². The second-order valence-corrected chi connectivity index (χ2v) is 9.39. The Hall–Kier alpha value is -2.43. The molecular weight excluding hydrogens is 422 g/mol. The molecule has 2 heterocycles. The first-order chi connectivity index (χ1) is 14.4. The van der Waals surface area contributed by atoms with Gasteiger partial charge in [-0.2, -0.15) is 4.31 Å². The van der Waals surface area contributed by atoms with Crippen molar-refractivity contribution in [1.82, 2.24) is 18.9 Å². The third kappa shape index (κ3) is 4.66. The monoisotopic (exact) mass is 447 g/mol. The Bertz CT molecular complexity index is 1140. The molecule has 1 aromatic carbocycles. The lowest BCUT2D eigenvalue weighted by atomic mass is 10.1. The van der Waals surface area contributed by atoms with Gasteiger partial charge >= 0.3 is 0 Å². The molecule has 0 spiro atoms. The van der Waals surface area contributed by atoms with Crippen molar-refractivity contribution in [3.8, 4) is 0 Å². The van der Waals surface area contributed by atoms with Crippen molar-refractivity contribution in [2.24, 2.45) is 0 Å². The lowest BCUT2D eigenvalue weighted by molar-refractivity contribution is -0.113. The van der Waals surface area contributed by atoms with Gasteiger partial charge in [0.2, 0.25) is 15.9 Å². The van der Waals surface area contributed by atoms with Crippen LogP contribution in [0.5, 0.6) is 0 Å². The zero-order valence-corrected chi connectivity index (χ0v) is 18.8. The smallest absolute Gasteiger partial charge is 0.244 e. The molecule has 0 fully saturated rings. The lowest BCUT2D eigenvalue weighted by Gasteiger charge is -2.18. The maximum Gasteiger partial charge on any atom is 0.244 e. The van der Waals surface area contributed by atoms with Crippen molar-refractivity contribution in [3.05, 3.63) is 48.2 Å². The molecule has 0 saturated heterocycles. The maximum atomic E-state index is 12.8. The zero-order valence-electron chi connectivity index (χ0n) is 17.2. The molecule has 10 heteroatoms. The van der Waals surface area contributed by atoms with Gasteiger partial charge in [0, 0.05) is 25.0 Å². The topological polar surface area (TPSA) is 96.7 Å². The molecule has 1 N–H and O–H groups in total. The Kier molecular flexibility index (Phi) is 7.11. The second-order valence-electron chi connectivity index (χ2n) is 6.51. The summed E-state index contributed by atoms with van der Waals surface area (Å²) in [5, 5.41) is 11.5. The fourth-order valence-electron chi connectivity index (χ4n) is 3.08. The van der Waals surface area contributed by atoms with E-state index in [-0.39, 0.29) is 16.6 Å². The number of thioether (sulfide) groups is 1. The van der Waals surface area contributed by atoms with Crippen molar-refractivity contribution in [2.75, 3.05) is 24.2 Å². The normalized spacial score (nSPS) is 11.9. The third-order valence-electron chi connectivity index (χ3n) is 4.69. The molecule has 30 heavy (non-hydrogen) atoms. The molecule has 1 amide bonds. The largest absolute Gasteiger partial charge is 0.325 e. The number of aromatic nitrogens is 3. The van der Waals surface area contributed by atoms with E-state index in [0.29, 0.717) is 23.9 Å². The lowest BCUT2D eigenvalue weighted by Crippen LogP contribution is -2.30. The van der Waals surface area contributed by atoms with Gasteiger partial charge < -0.3 is 5.32 Å². The van der Waals surface area contributed by atoms with Gasteiger partial charge in [-0.3, -0.25) is 9.20 Å². The van der Waals surface area contributed by atoms with E-state index in [2.05, 4.69) is 15.5 Å². The highest BCUT2D eigenvalue weighted by atomic mass is 32.2. The van der Waals surface area contributed by atoms with E-state index in [1.807, 2.05) is 31.2 Å². The number of amides is 1. The number of rotatable bonds is 9. The molecule has 3 rings (SSSR count). The van der Waals surface area contributed by atoms with E-state index in [4.69, 9.17) is 0 Å². The average molecular weight is 448 g/mol. The summed E-state index contributed by atoms with van der Waals surface area (Å²) in [6.45, 7) is 6.41. The summed E-state index contributed by atoms with van der Waals surface area (Å²) in [5.41, 5.74) is 2.38. The Balaban J connectivity index is 1.78. The number of para-hydroxylation sites is 1. The number of nitrogens with one attached hydrogen (secondary N) is 1. The summed E-state index contributed by atoms with van der Waals surface area (Å²) < 4.78 is 28.6. The van der Waals surface area contributed by atoms with Crippen LogP contribution in [0.1, 0.15) is 26.3 Å². The molecule has 0 bridgehead atoms. The average Bonchev–Trinajstić information content (AvgIpc) is 3.15. The van der Waals surface area contributed by atoms with E-state index < -0.39 is 10.0 Å². The van der Waals surface area contributed by atoms with Crippen LogP contribution >= 0.6 is 11.8 Å². The first-order valence-corrected chi connectivity index (χ1v) is 12.2. The minimum atomic E-state index is -3.60. The van der Waals surface area contributed by atoms with Gasteiger partial charge in [-0.15, -0.1) is 10.2 Å². The Labute approximate surface area is 180 Å². The summed E-state index contributed by atoms with van der Waals surface area (Å²) in [5.74, 6) is -0.0316. The predicted octanol–water partition coefficient (Wildman–Crippen LogP) is 3.05. The van der Waals surface area contributed by atoms with Crippen LogP contribution < -0.4 is 5.32 Å². The molecule has 8 nitrogen and oxygen atoms in total. The SMILES string of the molecule is CCc1ccccc1NC(=O)CSc1nnc2ccc(S(=O)(=O)N(CC)CC)cn12.